The molecule has 1 aliphatic rings. The van der Waals surface area contributed by atoms with Gasteiger partial charge in [0.15, 0.2) is 0 Å². The van der Waals surface area contributed by atoms with Crippen LogP contribution in [-0.4, -0.2) is 7.85 Å². The summed E-state index contributed by atoms with van der Waals surface area (Å²) in [6, 6.07) is 8.76. The lowest BCUT2D eigenvalue weighted by Crippen LogP contribution is -2.26. The molecule has 2 unspecified atom stereocenters. The molecular formula is C16H23B. The number of hydrogen-bond donors (Lipinski definition) is 0. The van der Waals surface area contributed by atoms with Crippen molar-refractivity contribution in [1.82, 2.24) is 0 Å². The third-order valence-corrected chi connectivity index (χ3v) is 4.37. The lowest BCUT2D eigenvalue weighted by Gasteiger charge is -2.34. The molecule has 0 N–H and O–H groups in total. The van der Waals surface area contributed by atoms with Crippen molar-refractivity contribution in [3.8, 4) is 0 Å². The van der Waals surface area contributed by atoms with Crippen LogP contribution in [0.1, 0.15) is 62.9 Å². The van der Waals surface area contributed by atoms with Crippen molar-refractivity contribution < 1.29 is 0 Å². The molecule has 0 aromatic heterocycles. The molecule has 0 nitrogen and oxygen atoms in total. The second-order valence-electron chi connectivity index (χ2n) is 5.57. The van der Waals surface area contributed by atoms with Crippen molar-refractivity contribution in [2.45, 2.75) is 58.2 Å². The van der Waals surface area contributed by atoms with Crippen LogP contribution in [0.2, 0.25) is 0 Å². The molecule has 0 saturated heterocycles. The van der Waals surface area contributed by atoms with Gasteiger partial charge in [0.2, 0.25) is 0 Å². The second-order valence-corrected chi connectivity index (χ2v) is 5.57. The molecule has 0 heterocycles. The standard InChI is InChI=1S/C16H23B/c1-3-5-11-16(10-4-2)12-13-8-6-7-9-14(13)15(16)17/h6-9,15H,3-5,10-12H2,1-2H3. The van der Waals surface area contributed by atoms with Crippen LogP contribution in [0.5, 0.6) is 0 Å². The van der Waals surface area contributed by atoms with Crippen LogP contribution in [0.25, 0.3) is 0 Å². The average molecular weight is 226 g/mol. The molecule has 2 radical (unpaired) electrons. The van der Waals surface area contributed by atoms with Gasteiger partial charge in [-0.1, -0.05) is 57.4 Å². The van der Waals surface area contributed by atoms with Gasteiger partial charge in [0.25, 0.3) is 0 Å². The molecule has 1 aromatic carbocycles. The van der Waals surface area contributed by atoms with Crippen molar-refractivity contribution in [3.63, 3.8) is 0 Å². The van der Waals surface area contributed by atoms with E-state index < -0.39 is 0 Å². The van der Waals surface area contributed by atoms with Crippen LogP contribution in [0.3, 0.4) is 0 Å². The Morgan fingerprint density at radius 1 is 1.18 bits per heavy atom. The topological polar surface area (TPSA) is 0 Å². The Labute approximate surface area is 107 Å². The summed E-state index contributed by atoms with van der Waals surface area (Å²) in [6.07, 6.45) is 7.57. The highest BCUT2D eigenvalue weighted by Gasteiger charge is 2.41. The first-order chi connectivity index (χ1) is 8.23. The summed E-state index contributed by atoms with van der Waals surface area (Å²) in [5.74, 6) is 0.255. The largest absolute Gasteiger partial charge is 0.0771 e. The third-order valence-electron chi connectivity index (χ3n) is 4.37. The molecule has 2 atom stereocenters. The Bertz CT molecular complexity index is 372. The quantitative estimate of drug-likeness (QED) is 0.651. The van der Waals surface area contributed by atoms with Gasteiger partial charge < -0.3 is 0 Å². The van der Waals surface area contributed by atoms with Crippen molar-refractivity contribution in [2.24, 2.45) is 5.41 Å². The molecule has 1 heteroatoms. The summed E-state index contributed by atoms with van der Waals surface area (Å²) in [6.45, 7) is 4.55. The smallest absolute Gasteiger partial charge is 0.0654 e. The molecule has 0 bridgehead atoms. The molecule has 1 aliphatic carbocycles. The molecule has 0 saturated carbocycles. The zero-order valence-electron chi connectivity index (χ0n) is 11.2. The predicted octanol–water partition coefficient (Wildman–Crippen LogP) is 4.43. The summed E-state index contributed by atoms with van der Waals surface area (Å²) < 4.78 is 0. The van der Waals surface area contributed by atoms with E-state index in [2.05, 4.69) is 38.1 Å². The summed E-state index contributed by atoms with van der Waals surface area (Å²) >= 11 is 0. The second kappa shape index (κ2) is 5.29. The SMILES string of the molecule is [B]C1c2ccccc2CC1(CCC)CCCC. The number of rotatable bonds is 5. The van der Waals surface area contributed by atoms with Gasteiger partial charge in [-0.05, 0) is 41.6 Å². The Balaban J connectivity index is 2.25. The summed E-state index contributed by atoms with van der Waals surface area (Å²) in [7, 11) is 6.55. The van der Waals surface area contributed by atoms with Crippen molar-refractivity contribution in [1.29, 1.82) is 0 Å². The Morgan fingerprint density at radius 3 is 2.59 bits per heavy atom. The maximum absolute atomic E-state index is 6.55. The Morgan fingerprint density at radius 2 is 1.94 bits per heavy atom. The van der Waals surface area contributed by atoms with Gasteiger partial charge in [-0.3, -0.25) is 0 Å². The van der Waals surface area contributed by atoms with E-state index in [4.69, 9.17) is 7.85 Å². The number of benzene rings is 1. The highest BCUT2D eigenvalue weighted by molar-refractivity contribution is 6.13. The van der Waals surface area contributed by atoms with Gasteiger partial charge in [-0.2, -0.15) is 0 Å². The van der Waals surface area contributed by atoms with Gasteiger partial charge in [-0.25, -0.2) is 0 Å². The molecule has 0 amide bonds. The van der Waals surface area contributed by atoms with E-state index in [9.17, 15) is 0 Å². The highest BCUT2D eigenvalue weighted by atomic mass is 14.4. The summed E-state index contributed by atoms with van der Waals surface area (Å²) in [5, 5.41) is 0. The molecule has 0 aliphatic heterocycles. The van der Waals surface area contributed by atoms with Crippen LogP contribution in [-0.2, 0) is 6.42 Å². The van der Waals surface area contributed by atoms with Crippen LogP contribution < -0.4 is 0 Å². The molecule has 0 fully saturated rings. The highest BCUT2D eigenvalue weighted by Crippen LogP contribution is 2.51. The van der Waals surface area contributed by atoms with Crippen LogP contribution in [0.15, 0.2) is 24.3 Å². The zero-order chi connectivity index (χ0) is 12.3. The minimum Gasteiger partial charge on any atom is -0.0654 e. The van der Waals surface area contributed by atoms with E-state index in [1.165, 1.54) is 49.7 Å². The normalized spacial score (nSPS) is 27.1. The van der Waals surface area contributed by atoms with Gasteiger partial charge in [0.05, 0.1) is 7.85 Å². The van der Waals surface area contributed by atoms with Crippen LogP contribution >= 0.6 is 0 Å². The third kappa shape index (κ3) is 2.29. The number of fused-ring (bicyclic) bond motifs is 1. The van der Waals surface area contributed by atoms with Gasteiger partial charge in [0.1, 0.15) is 0 Å². The lowest BCUT2D eigenvalue weighted by atomic mass is 9.61. The summed E-state index contributed by atoms with van der Waals surface area (Å²) in [4.78, 5) is 0. The van der Waals surface area contributed by atoms with E-state index in [0.717, 1.165) is 0 Å². The molecule has 1 aromatic rings. The number of unbranched alkanes of at least 4 members (excludes halogenated alkanes) is 1. The summed E-state index contributed by atoms with van der Waals surface area (Å²) in [5.41, 5.74) is 3.23. The molecule has 2 rings (SSSR count). The zero-order valence-corrected chi connectivity index (χ0v) is 11.2. The number of hydrogen-bond acceptors (Lipinski definition) is 0. The van der Waals surface area contributed by atoms with E-state index in [1.54, 1.807) is 0 Å². The monoisotopic (exact) mass is 226 g/mol. The molecule has 90 valence electrons. The van der Waals surface area contributed by atoms with Gasteiger partial charge in [-0.15, -0.1) is 0 Å². The van der Waals surface area contributed by atoms with Crippen LogP contribution in [0, 0.1) is 5.41 Å². The van der Waals surface area contributed by atoms with E-state index in [0.29, 0.717) is 5.41 Å². The maximum Gasteiger partial charge on any atom is 0.0771 e. The molecule has 17 heavy (non-hydrogen) atoms. The van der Waals surface area contributed by atoms with Crippen molar-refractivity contribution in [3.05, 3.63) is 35.4 Å². The Hall–Kier alpha value is -0.715. The minimum absolute atomic E-state index is 0.255. The van der Waals surface area contributed by atoms with Crippen molar-refractivity contribution >= 4 is 7.85 Å². The van der Waals surface area contributed by atoms with Gasteiger partial charge >= 0.3 is 0 Å². The van der Waals surface area contributed by atoms with Gasteiger partial charge in [0, 0.05) is 0 Å². The molecular weight excluding hydrogens is 203 g/mol. The van der Waals surface area contributed by atoms with Crippen molar-refractivity contribution in [2.75, 3.05) is 0 Å². The minimum atomic E-state index is 0.255. The van der Waals surface area contributed by atoms with Crippen LogP contribution in [0.4, 0.5) is 0 Å². The average Bonchev–Trinajstić information content (AvgIpc) is 2.62. The fourth-order valence-electron chi connectivity index (χ4n) is 3.46. The van der Waals surface area contributed by atoms with E-state index in [-0.39, 0.29) is 5.82 Å². The van der Waals surface area contributed by atoms with E-state index >= 15 is 0 Å². The maximum atomic E-state index is 6.55. The first-order valence-electron chi connectivity index (χ1n) is 7.07. The first-order valence-corrected chi connectivity index (χ1v) is 7.07. The molecule has 0 spiro atoms. The fourth-order valence-corrected chi connectivity index (χ4v) is 3.46. The van der Waals surface area contributed by atoms with E-state index in [1.807, 2.05) is 0 Å². The Kier molecular flexibility index (Phi) is 3.96. The predicted molar refractivity (Wildman–Crippen MR) is 75.5 cm³/mol. The fraction of sp³-hybridized carbons (Fsp3) is 0.625. The lowest BCUT2D eigenvalue weighted by molar-refractivity contribution is 0.236. The first kappa shape index (κ1) is 12.7.